The van der Waals surface area contributed by atoms with E-state index in [0.717, 1.165) is 48.7 Å². The van der Waals surface area contributed by atoms with Gasteiger partial charge >= 0.3 is 0 Å². The fourth-order valence-corrected chi connectivity index (χ4v) is 3.70. The first-order valence-corrected chi connectivity index (χ1v) is 8.63. The lowest BCUT2D eigenvalue weighted by Crippen LogP contribution is -2.37. The van der Waals surface area contributed by atoms with E-state index in [1.807, 2.05) is 23.4 Å². The van der Waals surface area contributed by atoms with Gasteiger partial charge in [0.25, 0.3) is 0 Å². The van der Waals surface area contributed by atoms with E-state index in [9.17, 15) is 4.79 Å². The summed E-state index contributed by atoms with van der Waals surface area (Å²) in [5, 5.41) is 3.03. The first-order chi connectivity index (χ1) is 10.6. The molecule has 4 nitrogen and oxygen atoms in total. The highest BCUT2D eigenvalue weighted by Gasteiger charge is 2.20. The molecule has 2 aromatic heterocycles. The molecule has 0 aromatic carbocycles. The van der Waals surface area contributed by atoms with Crippen molar-refractivity contribution in [1.29, 1.82) is 0 Å². The van der Waals surface area contributed by atoms with Gasteiger partial charge in [0, 0.05) is 37.3 Å². The van der Waals surface area contributed by atoms with Gasteiger partial charge in [0.2, 0.25) is 5.91 Å². The molecule has 0 bridgehead atoms. The molecule has 3 rings (SSSR count). The van der Waals surface area contributed by atoms with E-state index < -0.39 is 0 Å². The molecular weight excluding hydrogens is 294 g/mol. The Kier molecular flexibility index (Phi) is 4.52. The van der Waals surface area contributed by atoms with Crippen LogP contribution in [0.15, 0.2) is 23.7 Å². The van der Waals surface area contributed by atoms with Crippen molar-refractivity contribution < 1.29 is 4.79 Å². The quantitative estimate of drug-likeness (QED) is 0.873. The van der Waals surface area contributed by atoms with Crippen LogP contribution in [-0.2, 0) is 11.2 Å². The largest absolute Gasteiger partial charge is 0.343 e. The monoisotopic (exact) mass is 315 g/mol. The Morgan fingerprint density at radius 3 is 2.68 bits per heavy atom. The number of carbonyl (C=O) groups is 1. The molecule has 116 valence electrons. The summed E-state index contributed by atoms with van der Waals surface area (Å²) in [4.78, 5) is 22.3. The third-order valence-electron chi connectivity index (χ3n) is 4.25. The van der Waals surface area contributed by atoms with E-state index in [1.54, 1.807) is 18.3 Å². The van der Waals surface area contributed by atoms with Gasteiger partial charge in [-0.1, -0.05) is 6.07 Å². The molecule has 1 amide bonds. The molecule has 0 radical (unpaired) electrons. The van der Waals surface area contributed by atoms with Crippen molar-refractivity contribution >= 4 is 17.2 Å². The molecular formula is C17H21N3OS. The molecule has 0 atom stereocenters. The van der Waals surface area contributed by atoms with Crippen LogP contribution in [0.5, 0.6) is 0 Å². The van der Waals surface area contributed by atoms with Crippen LogP contribution in [0, 0.1) is 12.8 Å². The van der Waals surface area contributed by atoms with E-state index >= 15 is 0 Å². The number of aromatic nitrogens is 2. The smallest absolute Gasteiger partial charge is 0.219 e. The summed E-state index contributed by atoms with van der Waals surface area (Å²) < 4.78 is 0. The molecule has 22 heavy (non-hydrogen) atoms. The predicted molar refractivity (Wildman–Crippen MR) is 88.8 cm³/mol. The highest BCUT2D eigenvalue weighted by atomic mass is 32.1. The number of rotatable bonds is 3. The average molecular weight is 315 g/mol. The summed E-state index contributed by atoms with van der Waals surface area (Å²) in [6, 6.07) is 4.23. The molecule has 1 aliphatic rings. The number of pyridine rings is 1. The number of aryl methyl sites for hydroxylation is 1. The number of piperidine rings is 1. The SMILES string of the molecule is CC(=O)N1CCC(Cc2ccc(-c3nc(C)cs3)nc2)CC1. The number of hydrogen-bond donors (Lipinski definition) is 0. The Bertz CT molecular complexity index is 642. The molecule has 5 heteroatoms. The summed E-state index contributed by atoms with van der Waals surface area (Å²) in [5.74, 6) is 0.855. The Hall–Kier alpha value is -1.75. The zero-order chi connectivity index (χ0) is 15.5. The fourth-order valence-electron chi connectivity index (χ4n) is 2.93. The maximum atomic E-state index is 11.3. The van der Waals surface area contributed by atoms with Gasteiger partial charge in [-0.05, 0) is 43.7 Å². The second-order valence-electron chi connectivity index (χ2n) is 6.00. The van der Waals surface area contributed by atoms with Crippen molar-refractivity contribution in [3.8, 4) is 10.7 Å². The van der Waals surface area contributed by atoms with Gasteiger partial charge in [-0.25, -0.2) is 4.98 Å². The van der Waals surface area contributed by atoms with Gasteiger partial charge < -0.3 is 4.90 Å². The van der Waals surface area contributed by atoms with Gasteiger partial charge in [-0.3, -0.25) is 9.78 Å². The third-order valence-corrected chi connectivity index (χ3v) is 5.23. The number of nitrogens with zero attached hydrogens (tertiary/aromatic N) is 3. The van der Waals surface area contributed by atoms with Crippen LogP contribution in [0.25, 0.3) is 10.7 Å². The molecule has 0 spiro atoms. The highest BCUT2D eigenvalue weighted by Crippen LogP contribution is 2.24. The van der Waals surface area contributed by atoms with Gasteiger partial charge in [0.15, 0.2) is 0 Å². The summed E-state index contributed by atoms with van der Waals surface area (Å²) in [7, 11) is 0. The predicted octanol–water partition coefficient (Wildman–Crippen LogP) is 3.31. The molecule has 1 fully saturated rings. The van der Waals surface area contributed by atoms with Gasteiger partial charge in [-0.15, -0.1) is 11.3 Å². The van der Waals surface area contributed by atoms with E-state index in [2.05, 4.69) is 22.1 Å². The fraction of sp³-hybridized carbons (Fsp3) is 0.471. The number of amides is 1. The van der Waals surface area contributed by atoms with Crippen molar-refractivity contribution in [2.24, 2.45) is 5.92 Å². The van der Waals surface area contributed by atoms with Crippen LogP contribution in [0.1, 0.15) is 31.0 Å². The Morgan fingerprint density at radius 1 is 1.36 bits per heavy atom. The topological polar surface area (TPSA) is 46.1 Å². The Balaban J connectivity index is 1.59. The van der Waals surface area contributed by atoms with Crippen molar-refractivity contribution in [1.82, 2.24) is 14.9 Å². The lowest BCUT2D eigenvalue weighted by Gasteiger charge is -2.31. The Labute approximate surface area is 135 Å². The Morgan fingerprint density at radius 2 is 2.14 bits per heavy atom. The lowest BCUT2D eigenvalue weighted by molar-refractivity contribution is -0.130. The molecule has 0 unspecified atom stereocenters. The zero-order valence-electron chi connectivity index (χ0n) is 13.1. The van der Waals surface area contributed by atoms with Crippen LogP contribution in [0.4, 0.5) is 0 Å². The van der Waals surface area contributed by atoms with E-state index in [-0.39, 0.29) is 5.91 Å². The first kappa shape index (κ1) is 15.2. The highest BCUT2D eigenvalue weighted by molar-refractivity contribution is 7.13. The number of thiazole rings is 1. The molecule has 2 aromatic rings. The van der Waals surface area contributed by atoms with Crippen LogP contribution in [-0.4, -0.2) is 33.9 Å². The minimum Gasteiger partial charge on any atom is -0.343 e. The van der Waals surface area contributed by atoms with Gasteiger partial charge in [0.1, 0.15) is 5.01 Å². The third kappa shape index (κ3) is 3.53. The minimum absolute atomic E-state index is 0.197. The van der Waals surface area contributed by atoms with Crippen molar-refractivity contribution in [3.63, 3.8) is 0 Å². The van der Waals surface area contributed by atoms with Crippen LogP contribution in [0.2, 0.25) is 0 Å². The normalized spacial score (nSPS) is 16.0. The second-order valence-corrected chi connectivity index (χ2v) is 6.86. The van der Waals surface area contributed by atoms with Crippen molar-refractivity contribution in [2.45, 2.75) is 33.1 Å². The molecule has 0 saturated carbocycles. The molecule has 1 aliphatic heterocycles. The van der Waals surface area contributed by atoms with Crippen LogP contribution < -0.4 is 0 Å². The summed E-state index contributed by atoms with van der Waals surface area (Å²) in [5.41, 5.74) is 3.27. The second kappa shape index (κ2) is 6.57. The van der Waals surface area contributed by atoms with E-state index in [0.29, 0.717) is 5.92 Å². The molecule has 0 aliphatic carbocycles. The number of carbonyl (C=O) groups excluding carboxylic acids is 1. The van der Waals surface area contributed by atoms with Gasteiger partial charge in [-0.2, -0.15) is 0 Å². The van der Waals surface area contributed by atoms with Crippen LogP contribution >= 0.6 is 11.3 Å². The standard InChI is InChI=1S/C17H21N3OS/c1-12-11-22-17(19-12)16-4-3-15(10-18-16)9-14-5-7-20(8-6-14)13(2)21/h3-4,10-11,14H,5-9H2,1-2H3. The first-order valence-electron chi connectivity index (χ1n) is 7.75. The lowest BCUT2D eigenvalue weighted by atomic mass is 9.90. The zero-order valence-corrected chi connectivity index (χ0v) is 13.9. The van der Waals surface area contributed by atoms with Crippen LogP contribution in [0.3, 0.4) is 0 Å². The van der Waals surface area contributed by atoms with Crippen molar-refractivity contribution in [2.75, 3.05) is 13.1 Å². The van der Waals surface area contributed by atoms with Crippen molar-refractivity contribution in [3.05, 3.63) is 35.0 Å². The van der Waals surface area contributed by atoms with E-state index in [4.69, 9.17) is 0 Å². The summed E-state index contributed by atoms with van der Waals surface area (Å²) >= 11 is 1.64. The maximum absolute atomic E-state index is 11.3. The maximum Gasteiger partial charge on any atom is 0.219 e. The number of likely N-dealkylation sites (tertiary alicyclic amines) is 1. The summed E-state index contributed by atoms with van der Waals surface area (Å²) in [6.07, 6.45) is 5.21. The minimum atomic E-state index is 0.197. The van der Waals surface area contributed by atoms with E-state index in [1.165, 1.54) is 5.56 Å². The molecule has 1 saturated heterocycles. The number of hydrogen-bond acceptors (Lipinski definition) is 4. The molecule has 0 N–H and O–H groups in total. The summed E-state index contributed by atoms with van der Waals surface area (Å²) in [6.45, 7) is 5.44. The van der Waals surface area contributed by atoms with Gasteiger partial charge in [0.05, 0.1) is 5.69 Å². The molecule has 3 heterocycles. The average Bonchev–Trinajstić information content (AvgIpc) is 2.95.